The lowest BCUT2D eigenvalue weighted by Crippen LogP contribution is -2.00. The van der Waals surface area contributed by atoms with Crippen molar-refractivity contribution in [2.24, 2.45) is 11.5 Å². The van der Waals surface area contributed by atoms with Crippen LogP contribution in [-0.4, -0.2) is 23.3 Å². The average molecular weight is 318 g/mol. The number of hydrogen-bond donors (Lipinski definition) is 4. The smallest absolute Gasteiger partial charge is 0.169 e. The van der Waals surface area contributed by atoms with E-state index >= 15 is 0 Å². The molecular weight excluding hydrogens is 292 g/mol. The van der Waals surface area contributed by atoms with Gasteiger partial charge in [0.25, 0.3) is 0 Å². The zero-order chi connectivity index (χ0) is 16.9. The zero-order valence-electron chi connectivity index (χ0n) is 13.3. The molecule has 0 aliphatic heterocycles. The van der Waals surface area contributed by atoms with Gasteiger partial charge < -0.3 is 26.4 Å². The minimum Gasteiger partial charge on any atom is -0.504 e. The Hall–Kier alpha value is -2.24. The number of nitrogens with two attached hydrogens (primary N) is 2. The SMILES string of the molecule is NCCCCCCN.Oc1ccccc1Oc1ccccc1O. The van der Waals surface area contributed by atoms with Crippen molar-refractivity contribution in [1.29, 1.82) is 0 Å². The standard InChI is InChI=1S/C12H10O3.C6H16N2/c13-9-5-1-3-7-11(9)15-12-8-4-2-6-10(12)14;7-5-3-1-2-4-6-8/h1-8,13-14H;1-8H2. The molecule has 2 rings (SSSR count). The van der Waals surface area contributed by atoms with Crippen molar-refractivity contribution in [2.75, 3.05) is 13.1 Å². The van der Waals surface area contributed by atoms with Crippen molar-refractivity contribution in [3.63, 3.8) is 0 Å². The van der Waals surface area contributed by atoms with Gasteiger partial charge in [0.1, 0.15) is 0 Å². The lowest BCUT2D eigenvalue weighted by molar-refractivity contribution is 0.385. The predicted molar refractivity (Wildman–Crippen MR) is 92.9 cm³/mol. The van der Waals surface area contributed by atoms with Crippen molar-refractivity contribution in [3.05, 3.63) is 48.5 Å². The summed E-state index contributed by atoms with van der Waals surface area (Å²) in [5, 5.41) is 18.9. The summed E-state index contributed by atoms with van der Waals surface area (Å²) in [6, 6.07) is 13.2. The number of unbranched alkanes of at least 4 members (excludes halogenated alkanes) is 3. The molecule has 0 heterocycles. The van der Waals surface area contributed by atoms with Crippen LogP contribution >= 0.6 is 0 Å². The number of ether oxygens (including phenoxy) is 1. The molecule has 2 aromatic rings. The van der Waals surface area contributed by atoms with Crippen LogP contribution in [0.15, 0.2) is 48.5 Å². The second-order valence-electron chi connectivity index (χ2n) is 5.03. The summed E-state index contributed by atoms with van der Waals surface area (Å²) in [6.07, 6.45) is 4.79. The van der Waals surface area contributed by atoms with E-state index in [1.807, 2.05) is 0 Å². The first-order valence-electron chi connectivity index (χ1n) is 7.83. The maximum absolute atomic E-state index is 9.46. The van der Waals surface area contributed by atoms with E-state index < -0.39 is 0 Å². The third kappa shape index (κ3) is 7.54. The topological polar surface area (TPSA) is 102 Å². The average Bonchev–Trinajstić information content (AvgIpc) is 2.56. The Bertz CT molecular complexity index is 512. The molecule has 0 saturated heterocycles. The number of para-hydroxylation sites is 4. The summed E-state index contributed by atoms with van der Waals surface area (Å²) < 4.78 is 5.34. The second kappa shape index (κ2) is 11.3. The molecule has 2 aromatic carbocycles. The molecular formula is C18H26N2O3. The number of hydrogen-bond acceptors (Lipinski definition) is 5. The molecule has 5 heteroatoms. The first kappa shape index (κ1) is 18.8. The van der Waals surface area contributed by atoms with Crippen molar-refractivity contribution < 1.29 is 14.9 Å². The van der Waals surface area contributed by atoms with Crippen molar-refractivity contribution in [2.45, 2.75) is 25.7 Å². The monoisotopic (exact) mass is 318 g/mol. The van der Waals surface area contributed by atoms with E-state index in [0.29, 0.717) is 11.5 Å². The van der Waals surface area contributed by atoms with Crippen LogP contribution in [0.25, 0.3) is 0 Å². The van der Waals surface area contributed by atoms with Gasteiger partial charge in [0.2, 0.25) is 0 Å². The van der Waals surface area contributed by atoms with Gasteiger partial charge in [-0.2, -0.15) is 0 Å². The van der Waals surface area contributed by atoms with Gasteiger partial charge in [0.15, 0.2) is 23.0 Å². The molecule has 0 aliphatic carbocycles. The van der Waals surface area contributed by atoms with Crippen molar-refractivity contribution in [1.82, 2.24) is 0 Å². The fourth-order valence-corrected chi connectivity index (χ4v) is 1.85. The van der Waals surface area contributed by atoms with Gasteiger partial charge in [0, 0.05) is 0 Å². The van der Waals surface area contributed by atoms with E-state index in [0.717, 1.165) is 25.9 Å². The van der Waals surface area contributed by atoms with Crippen LogP contribution in [0.5, 0.6) is 23.0 Å². The summed E-state index contributed by atoms with van der Waals surface area (Å²) in [7, 11) is 0. The van der Waals surface area contributed by atoms with Gasteiger partial charge in [-0.1, -0.05) is 37.1 Å². The third-order valence-corrected chi connectivity index (χ3v) is 3.11. The molecule has 126 valence electrons. The molecule has 23 heavy (non-hydrogen) atoms. The molecule has 5 nitrogen and oxygen atoms in total. The van der Waals surface area contributed by atoms with Crippen LogP contribution in [0, 0.1) is 0 Å². The quantitative estimate of drug-likeness (QED) is 0.586. The van der Waals surface area contributed by atoms with Crippen LogP contribution in [0.2, 0.25) is 0 Å². The Morgan fingerprint density at radius 2 is 1.04 bits per heavy atom. The van der Waals surface area contributed by atoms with E-state index in [1.165, 1.54) is 25.0 Å². The molecule has 0 aliphatic rings. The molecule has 0 spiro atoms. The van der Waals surface area contributed by atoms with E-state index in [1.54, 1.807) is 36.4 Å². The van der Waals surface area contributed by atoms with E-state index in [-0.39, 0.29) is 11.5 Å². The molecule has 0 amide bonds. The van der Waals surface area contributed by atoms with Crippen molar-refractivity contribution in [3.8, 4) is 23.0 Å². The zero-order valence-corrected chi connectivity index (χ0v) is 13.3. The lowest BCUT2D eigenvalue weighted by Gasteiger charge is -2.08. The summed E-state index contributed by atoms with van der Waals surface area (Å²) in [4.78, 5) is 0. The van der Waals surface area contributed by atoms with Crippen LogP contribution in [0.3, 0.4) is 0 Å². The molecule has 0 saturated carbocycles. The highest BCUT2D eigenvalue weighted by atomic mass is 16.5. The summed E-state index contributed by atoms with van der Waals surface area (Å²) >= 11 is 0. The normalized spacial score (nSPS) is 9.83. The second-order valence-corrected chi connectivity index (χ2v) is 5.03. The highest BCUT2D eigenvalue weighted by Crippen LogP contribution is 2.34. The minimum atomic E-state index is 0.0424. The van der Waals surface area contributed by atoms with Gasteiger partial charge >= 0.3 is 0 Å². The Balaban J connectivity index is 0.000000284. The summed E-state index contributed by atoms with van der Waals surface area (Å²) in [5.41, 5.74) is 10.6. The van der Waals surface area contributed by atoms with Gasteiger partial charge in [-0.15, -0.1) is 0 Å². The number of phenols is 2. The number of rotatable bonds is 7. The maximum Gasteiger partial charge on any atom is 0.169 e. The van der Waals surface area contributed by atoms with Crippen LogP contribution in [0.4, 0.5) is 0 Å². The minimum absolute atomic E-state index is 0.0424. The van der Waals surface area contributed by atoms with Crippen molar-refractivity contribution >= 4 is 0 Å². The Kier molecular flexibility index (Phi) is 9.28. The summed E-state index contributed by atoms with van der Waals surface area (Å²) in [5.74, 6) is 0.722. The van der Waals surface area contributed by atoms with Crippen LogP contribution in [0.1, 0.15) is 25.7 Å². The Morgan fingerprint density at radius 1 is 0.652 bits per heavy atom. The van der Waals surface area contributed by atoms with Gasteiger partial charge in [-0.05, 0) is 50.2 Å². The fourth-order valence-electron chi connectivity index (χ4n) is 1.85. The maximum atomic E-state index is 9.46. The van der Waals surface area contributed by atoms with Crippen LogP contribution in [-0.2, 0) is 0 Å². The molecule has 6 N–H and O–H groups in total. The number of aromatic hydroxyl groups is 2. The molecule has 0 aromatic heterocycles. The highest BCUT2D eigenvalue weighted by Gasteiger charge is 2.05. The first-order chi connectivity index (χ1) is 11.2. The van der Waals surface area contributed by atoms with E-state index in [2.05, 4.69) is 0 Å². The van der Waals surface area contributed by atoms with E-state index in [9.17, 15) is 10.2 Å². The highest BCUT2D eigenvalue weighted by molar-refractivity contribution is 5.45. The Labute approximate surface area is 137 Å². The molecule has 0 unspecified atom stereocenters. The molecule has 0 bridgehead atoms. The van der Waals surface area contributed by atoms with Gasteiger partial charge in [-0.3, -0.25) is 0 Å². The van der Waals surface area contributed by atoms with Gasteiger partial charge in [0.05, 0.1) is 0 Å². The van der Waals surface area contributed by atoms with Gasteiger partial charge in [-0.25, -0.2) is 0 Å². The summed E-state index contributed by atoms with van der Waals surface area (Å²) in [6.45, 7) is 1.65. The fraction of sp³-hybridized carbons (Fsp3) is 0.333. The first-order valence-corrected chi connectivity index (χ1v) is 7.83. The third-order valence-electron chi connectivity index (χ3n) is 3.11. The van der Waals surface area contributed by atoms with Crippen LogP contribution < -0.4 is 16.2 Å². The van der Waals surface area contributed by atoms with E-state index in [4.69, 9.17) is 16.2 Å². The lowest BCUT2D eigenvalue weighted by atomic mass is 10.2. The number of phenolic OH excluding ortho intramolecular Hbond substituents is 2. The molecule has 0 fully saturated rings. The Morgan fingerprint density at radius 3 is 1.39 bits per heavy atom. The number of benzene rings is 2. The largest absolute Gasteiger partial charge is 0.504 e. The predicted octanol–water partition coefficient (Wildman–Crippen LogP) is 3.35. The molecule has 0 atom stereocenters. The molecule has 0 radical (unpaired) electrons.